The van der Waals surface area contributed by atoms with Crippen LogP contribution in [0, 0.1) is 0 Å². The molecular weight excluding hydrogens is 410 g/mol. The highest BCUT2D eigenvalue weighted by Gasteiger charge is 2.21. The Balaban J connectivity index is 1.72. The number of nitrogens with zero attached hydrogens (tertiary/aromatic N) is 2. The summed E-state index contributed by atoms with van der Waals surface area (Å²) >= 11 is 1.96. The predicted octanol–water partition coefficient (Wildman–Crippen LogP) is 2.67. The number of sulfonamides is 1. The van der Waals surface area contributed by atoms with Gasteiger partial charge in [-0.3, -0.25) is 14.5 Å². The van der Waals surface area contributed by atoms with Crippen LogP contribution in [0.5, 0.6) is 0 Å². The zero-order valence-corrected chi connectivity index (χ0v) is 18.1. The van der Waals surface area contributed by atoms with Crippen LogP contribution in [0.25, 0.3) is 0 Å². The van der Waals surface area contributed by atoms with Gasteiger partial charge in [0, 0.05) is 49.4 Å². The van der Waals surface area contributed by atoms with Gasteiger partial charge in [-0.2, -0.15) is 11.8 Å². The molecule has 1 aliphatic heterocycles. The zero-order valence-electron chi connectivity index (χ0n) is 16.5. The van der Waals surface area contributed by atoms with Crippen molar-refractivity contribution in [2.24, 2.45) is 0 Å². The van der Waals surface area contributed by atoms with Gasteiger partial charge in [0.05, 0.1) is 12.0 Å². The fourth-order valence-electron chi connectivity index (χ4n) is 3.00. The number of para-hydroxylation sites is 1. The zero-order chi connectivity index (χ0) is 20.9. The third-order valence-corrected chi connectivity index (χ3v) is 7.41. The van der Waals surface area contributed by atoms with Crippen LogP contribution in [0.1, 0.15) is 15.9 Å². The Morgan fingerprint density at radius 1 is 1.14 bits per heavy atom. The van der Waals surface area contributed by atoms with Crippen LogP contribution in [0.2, 0.25) is 0 Å². The van der Waals surface area contributed by atoms with E-state index in [1.807, 2.05) is 36.0 Å². The number of hydroxylamine groups is 1. The average Bonchev–Trinajstić information content (AvgIpc) is 2.75. The molecule has 2 aromatic rings. The van der Waals surface area contributed by atoms with Crippen LogP contribution >= 0.6 is 11.8 Å². The van der Waals surface area contributed by atoms with Gasteiger partial charge in [0.2, 0.25) is 0 Å². The quantitative estimate of drug-likeness (QED) is 0.674. The summed E-state index contributed by atoms with van der Waals surface area (Å²) in [5.74, 6) is 1.97. The summed E-state index contributed by atoms with van der Waals surface area (Å²) in [7, 11) is -1.15. The van der Waals surface area contributed by atoms with E-state index in [1.165, 1.54) is 38.4 Å². The molecule has 1 amide bonds. The van der Waals surface area contributed by atoms with Crippen LogP contribution in [-0.2, 0) is 21.4 Å². The van der Waals surface area contributed by atoms with E-state index in [2.05, 4.69) is 10.2 Å². The Kier molecular flexibility index (Phi) is 7.31. The van der Waals surface area contributed by atoms with Gasteiger partial charge < -0.3 is 5.32 Å². The molecule has 0 aromatic heterocycles. The van der Waals surface area contributed by atoms with Crippen LogP contribution in [-0.4, -0.2) is 62.4 Å². The molecule has 0 aliphatic carbocycles. The first-order chi connectivity index (χ1) is 13.9. The van der Waals surface area contributed by atoms with Crippen molar-refractivity contribution in [1.29, 1.82) is 0 Å². The van der Waals surface area contributed by atoms with Crippen molar-refractivity contribution in [2.45, 2.75) is 11.4 Å². The Labute approximate surface area is 176 Å². The number of benzene rings is 2. The minimum absolute atomic E-state index is 0.0572. The molecule has 1 N–H and O–H groups in total. The Morgan fingerprint density at radius 3 is 2.45 bits per heavy atom. The first-order valence-corrected chi connectivity index (χ1v) is 11.8. The van der Waals surface area contributed by atoms with Crippen molar-refractivity contribution >= 4 is 33.4 Å². The number of nitrogens with one attached hydrogen (secondary N) is 1. The first kappa shape index (κ1) is 21.8. The van der Waals surface area contributed by atoms with Crippen LogP contribution in [0.4, 0.5) is 5.69 Å². The maximum Gasteiger partial charge on any atom is 0.264 e. The highest BCUT2D eigenvalue weighted by molar-refractivity contribution is 7.99. The molecule has 9 heteroatoms. The average molecular weight is 436 g/mol. The molecule has 7 nitrogen and oxygen atoms in total. The molecule has 0 saturated carbocycles. The van der Waals surface area contributed by atoms with E-state index in [4.69, 9.17) is 4.84 Å². The molecule has 1 fully saturated rings. The Morgan fingerprint density at radius 2 is 1.79 bits per heavy atom. The minimum Gasteiger partial charge on any atom is -0.322 e. The van der Waals surface area contributed by atoms with Crippen molar-refractivity contribution < 1.29 is 18.0 Å². The molecular formula is C20H25N3O4S2. The normalized spacial score (nSPS) is 15.4. The van der Waals surface area contributed by atoms with Gasteiger partial charge in [-0.15, -0.1) is 0 Å². The molecule has 3 rings (SSSR count). The summed E-state index contributed by atoms with van der Waals surface area (Å²) < 4.78 is 25.3. The second-order valence-electron chi connectivity index (χ2n) is 6.62. The lowest BCUT2D eigenvalue weighted by molar-refractivity contribution is -0.0258. The largest absolute Gasteiger partial charge is 0.322 e. The van der Waals surface area contributed by atoms with Gasteiger partial charge >= 0.3 is 0 Å². The van der Waals surface area contributed by atoms with Crippen molar-refractivity contribution in [3.8, 4) is 0 Å². The second-order valence-corrected chi connectivity index (χ2v) is 9.78. The van der Waals surface area contributed by atoms with Gasteiger partial charge in [-0.05, 0) is 35.9 Å². The molecule has 1 aliphatic rings. The fourth-order valence-corrected chi connectivity index (χ4v) is 4.95. The fraction of sp³-hybridized carbons (Fsp3) is 0.350. The lowest BCUT2D eigenvalue weighted by Crippen LogP contribution is -2.32. The summed E-state index contributed by atoms with van der Waals surface area (Å²) in [5.41, 5.74) is 2.22. The first-order valence-electron chi connectivity index (χ1n) is 9.24. The summed E-state index contributed by atoms with van der Waals surface area (Å²) in [5, 5.41) is 2.95. The molecule has 2 aromatic carbocycles. The van der Waals surface area contributed by atoms with E-state index in [-0.39, 0.29) is 10.8 Å². The van der Waals surface area contributed by atoms with Gasteiger partial charge in [-0.25, -0.2) is 8.42 Å². The highest BCUT2D eigenvalue weighted by atomic mass is 32.2. The molecule has 0 bridgehead atoms. The Bertz CT molecular complexity index is 942. The van der Waals surface area contributed by atoms with Crippen molar-refractivity contribution in [2.75, 3.05) is 44.1 Å². The van der Waals surface area contributed by atoms with Gasteiger partial charge in [-0.1, -0.05) is 22.7 Å². The number of rotatable bonds is 7. The Hall–Kier alpha value is -1.91. The lowest BCUT2D eigenvalue weighted by atomic mass is 10.1. The molecule has 1 heterocycles. The van der Waals surface area contributed by atoms with E-state index in [1.54, 1.807) is 0 Å². The summed E-state index contributed by atoms with van der Waals surface area (Å²) in [4.78, 5) is 19.9. The molecule has 0 radical (unpaired) electrons. The third kappa shape index (κ3) is 5.37. The van der Waals surface area contributed by atoms with E-state index in [9.17, 15) is 13.2 Å². The maximum atomic E-state index is 12.7. The number of hydrogen-bond acceptors (Lipinski definition) is 6. The lowest BCUT2D eigenvalue weighted by Gasteiger charge is -2.27. The van der Waals surface area contributed by atoms with Gasteiger partial charge in [0.1, 0.15) is 0 Å². The highest BCUT2D eigenvalue weighted by Crippen LogP contribution is 2.21. The smallest absolute Gasteiger partial charge is 0.264 e. The van der Waals surface area contributed by atoms with Crippen LogP contribution in [0.3, 0.4) is 0 Å². The minimum atomic E-state index is -3.74. The number of carbonyl (C=O) groups excluding carboxylic acids is 1. The third-order valence-electron chi connectivity index (χ3n) is 4.77. The van der Waals surface area contributed by atoms with Gasteiger partial charge in [0.15, 0.2) is 0 Å². The molecule has 0 unspecified atom stereocenters. The molecule has 29 heavy (non-hydrogen) atoms. The standard InChI is InChI=1S/C20H25N3O4S2/c1-22(27-2)29(25,26)18-9-7-16(8-10-18)20(24)21-19-6-4-3-5-17(19)15-23-11-13-28-14-12-23/h3-10H,11-15H2,1-2H3,(H,21,24). The van der Waals surface area contributed by atoms with E-state index in [0.29, 0.717) is 5.56 Å². The summed E-state index contributed by atoms with van der Waals surface area (Å²) in [6.07, 6.45) is 0. The maximum absolute atomic E-state index is 12.7. The van der Waals surface area contributed by atoms with E-state index >= 15 is 0 Å². The summed E-state index contributed by atoms with van der Waals surface area (Å²) in [6, 6.07) is 13.6. The number of anilines is 1. The van der Waals surface area contributed by atoms with Crippen LogP contribution < -0.4 is 5.32 Å². The van der Waals surface area contributed by atoms with Crippen molar-refractivity contribution in [3.63, 3.8) is 0 Å². The van der Waals surface area contributed by atoms with Gasteiger partial charge in [0.25, 0.3) is 15.9 Å². The number of carbonyl (C=O) groups is 1. The van der Waals surface area contributed by atoms with Crippen molar-refractivity contribution in [3.05, 3.63) is 59.7 Å². The van der Waals surface area contributed by atoms with E-state index in [0.717, 1.165) is 46.9 Å². The van der Waals surface area contributed by atoms with E-state index < -0.39 is 10.0 Å². The number of thioether (sulfide) groups is 1. The number of hydrogen-bond donors (Lipinski definition) is 1. The second kappa shape index (κ2) is 9.73. The monoisotopic (exact) mass is 435 g/mol. The SMILES string of the molecule is CON(C)S(=O)(=O)c1ccc(C(=O)Nc2ccccc2CN2CCSCC2)cc1. The van der Waals surface area contributed by atoms with Crippen LogP contribution in [0.15, 0.2) is 53.4 Å². The predicted molar refractivity (Wildman–Crippen MR) is 115 cm³/mol. The molecule has 1 saturated heterocycles. The number of amides is 1. The summed E-state index contributed by atoms with van der Waals surface area (Å²) in [6.45, 7) is 2.87. The topological polar surface area (TPSA) is 78.9 Å². The molecule has 0 atom stereocenters. The molecule has 156 valence electrons. The van der Waals surface area contributed by atoms with Crippen molar-refractivity contribution in [1.82, 2.24) is 9.37 Å². The molecule has 0 spiro atoms.